The van der Waals surface area contributed by atoms with E-state index in [-0.39, 0.29) is 18.6 Å². The van der Waals surface area contributed by atoms with E-state index >= 15 is 0 Å². The van der Waals surface area contributed by atoms with Gasteiger partial charge in [0.05, 0.1) is 12.0 Å². The topological polar surface area (TPSA) is 55.0 Å². The predicted octanol–water partition coefficient (Wildman–Crippen LogP) is 4.96. The maximum absolute atomic E-state index is 13.0. The van der Waals surface area contributed by atoms with Gasteiger partial charge in [-0.3, -0.25) is 4.79 Å². The van der Waals surface area contributed by atoms with Crippen molar-refractivity contribution in [2.45, 2.75) is 33.2 Å². The molecule has 0 saturated heterocycles. The van der Waals surface area contributed by atoms with E-state index in [0.717, 1.165) is 22.6 Å². The number of nitrogens with zero attached hydrogens (tertiary/aromatic N) is 2. The monoisotopic (exact) mass is 388 g/mol. The van der Waals surface area contributed by atoms with Crippen LogP contribution in [0.2, 0.25) is 0 Å². The van der Waals surface area contributed by atoms with Gasteiger partial charge in [0.25, 0.3) is 5.91 Å². The van der Waals surface area contributed by atoms with Crippen LogP contribution in [0.4, 0.5) is 0 Å². The third kappa shape index (κ3) is 4.09. The van der Waals surface area contributed by atoms with Gasteiger partial charge in [0.2, 0.25) is 0 Å². The van der Waals surface area contributed by atoms with Gasteiger partial charge in [-0.1, -0.05) is 35.9 Å². The lowest BCUT2D eigenvalue weighted by atomic mass is 10.0. The van der Waals surface area contributed by atoms with Gasteiger partial charge < -0.3 is 9.15 Å². The van der Waals surface area contributed by atoms with Crippen molar-refractivity contribution in [2.24, 2.45) is 5.10 Å². The summed E-state index contributed by atoms with van der Waals surface area (Å²) in [7, 11) is 0. The molecule has 1 aliphatic rings. The molecular formula is C24H24N2O3. The molecule has 0 radical (unpaired) electrons. The normalized spacial score (nSPS) is 16.0. The molecule has 0 fully saturated rings. The molecule has 1 aromatic heterocycles. The Labute approximate surface area is 170 Å². The van der Waals surface area contributed by atoms with Gasteiger partial charge in [0, 0.05) is 6.42 Å². The van der Waals surface area contributed by atoms with Gasteiger partial charge in [0.1, 0.15) is 17.6 Å². The molecule has 29 heavy (non-hydrogen) atoms. The molecule has 4 rings (SSSR count). The van der Waals surface area contributed by atoms with Gasteiger partial charge in [-0.25, -0.2) is 5.01 Å². The first-order valence-corrected chi connectivity index (χ1v) is 9.71. The summed E-state index contributed by atoms with van der Waals surface area (Å²) < 4.78 is 11.3. The zero-order chi connectivity index (χ0) is 20.4. The van der Waals surface area contributed by atoms with E-state index in [0.29, 0.717) is 12.2 Å². The van der Waals surface area contributed by atoms with Crippen LogP contribution in [0.3, 0.4) is 0 Å². The summed E-state index contributed by atoms with van der Waals surface area (Å²) >= 11 is 0. The van der Waals surface area contributed by atoms with Crippen LogP contribution in [0, 0.1) is 20.8 Å². The fraction of sp³-hybridized carbons (Fsp3) is 0.250. The highest BCUT2D eigenvalue weighted by molar-refractivity contribution is 6.03. The Morgan fingerprint density at radius 2 is 1.90 bits per heavy atom. The van der Waals surface area contributed by atoms with E-state index < -0.39 is 0 Å². The van der Waals surface area contributed by atoms with Gasteiger partial charge >= 0.3 is 0 Å². The largest absolute Gasteiger partial charge is 0.484 e. The molecule has 2 heterocycles. The molecule has 1 atom stereocenters. The third-order valence-corrected chi connectivity index (χ3v) is 5.26. The molecule has 1 amide bonds. The Kier molecular flexibility index (Phi) is 5.21. The lowest BCUT2D eigenvalue weighted by molar-refractivity contribution is -0.135. The van der Waals surface area contributed by atoms with Crippen molar-refractivity contribution in [1.29, 1.82) is 0 Å². The van der Waals surface area contributed by atoms with Crippen molar-refractivity contribution in [3.05, 3.63) is 88.9 Å². The summed E-state index contributed by atoms with van der Waals surface area (Å²) in [5.74, 6) is 1.19. The smallest absolute Gasteiger partial charge is 0.281 e. The molecule has 5 heteroatoms. The predicted molar refractivity (Wildman–Crippen MR) is 112 cm³/mol. The SMILES string of the molecule is Cc1ccc(C2=NN(C(=O)COc3ccc(C)c(C)c3)[C@H](c3ccco3)C2)cc1. The molecule has 0 spiro atoms. The van der Waals surface area contributed by atoms with E-state index in [1.54, 1.807) is 6.26 Å². The van der Waals surface area contributed by atoms with E-state index in [1.807, 2.05) is 75.4 Å². The Bertz CT molecular complexity index is 1040. The van der Waals surface area contributed by atoms with Crippen molar-refractivity contribution < 1.29 is 13.9 Å². The standard InChI is InChI=1S/C24H24N2O3/c1-16-6-9-19(10-7-16)21-14-22(23-5-4-12-28-23)26(25-21)24(27)15-29-20-11-8-17(2)18(3)13-20/h4-13,22H,14-15H2,1-3H3/t22-/m0/s1. The molecule has 0 aliphatic carbocycles. The fourth-order valence-electron chi connectivity index (χ4n) is 3.38. The maximum atomic E-state index is 13.0. The fourth-order valence-corrected chi connectivity index (χ4v) is 3.38. The highest BCUT2D eigenvalue weighted by Crippen LogP contribution is 2.33. The number of amides is 1. The molecule has 0 bridgehead atoms. The summed E-state index contributed by atoms with van der Waals surface area (Å²) in [4.78, 5) is 13.0. The zero-order valence-corrected chi connectivity index (χ0v) is 16.9. The Morgan fingerprint density at radius 1 is 1.10 bits per heavy atom. The van der Waals surface area contributed by atoms with Crippen LogP contribution in [0.25, 0.3) is 0 Å². The minimum absolute atomic E-state index is 0.0790. The van der Waals surface area contributed by atoms with Crippen molar-refractivity contribution in [3.63, 3.8) is 0 Å². The van der Waals surface area contributed by atoms with Crippen LogP contribution in [0.5, 0.6) is 5.75 Å². The van der Waals surface area contributed by atoms with Crippen molar-refractivity contribution in [3.8, 4) is 5.75 Å². The van der Waals surface area contributed by atoms with E-state index in [2.05, 4.69) is 5.10 Å². The first-order valence-electron chi connectivity index (χ1n) is 9.71. The summed E-state index contributed by atoms with van der Waals surface area (Å²) in [5.41, 5.74) is 5.38. The number of hydrogen-bond acceptors (Lipinski definition) is 4. The third-order valence-electron chi connectivity index (χ3n) is 5.26. The minimum Gasteiger partial charge on any atom is -0.484 e. The molecule has 0 saturated carbocycles. The first kappa shape index (κ1) is 19.0. The zero-order valence-electron chi connectivity index (χ0n) is 16.9. The van der Waals surface area contributed by atoms with Crippen LogP contribution in [-0.2, 0) is 4.79 Å². The van der Waals surface area contributed by atoms with Gasteiger partial charge in [-0.2, -0.15) is 5.10 Å². The maximum Gasteiger partial charge on any atom is 0.281 e. The Morgan fingerprint density at radius 3 is 2.59 bits per heavy atom. The second kappa shape index (κ2) is 7.95. The van der Waals surface area contributed by atoms with Crippen LogP contribution >= 0.6 is 0 Å². The van der Waals surface area contributed by atoms with Crippen LogP contribution in [0.15, 0.2) is 70.4 Å². The molecular weight excluding hydrogens is 364 g/mol. The summed E-state index contributed by atoms with van der Waals surface area (Å²) in [6, 6.07) is 17.4. The minimum atomic E-state index is -0.267. The lowest BCUT2D eigenvalue weighted by Gasteiger charge is -2.20. The van der Waals surface area contributed by atoms with Crippen molar-refractivity contribution in [1.82, 2.24) is 5.01 Å². The molecule has 3 aromatic rings. The average molecular weight is 388 g/mol. The first-order chi connectivity index (χ1) is 14.0. The van der Waals surface area contributed by atoms with Gasteiger partial charge in [-0.15, -0.1) is 0 Å². The van der Waals surface area contributed by atoms with Crippen molar-refractivity contribution in [2.75, 3.05) is 6.61 Å². The highest BCUT2D eigenvalue weighted by atomic mass is 16.5. The quantitative estimate of drug-likeness (QED) is 0.621. The van der Waals surface area contributed by atoms with E-state index in [4.69, 9.17) is 9.15 Å². The molecule has 1 aliphatic heterocycles. The number of aryl methyl sites for hydroxylation is 3. The summed E-state index contributed by atoms with van der Waals surface area (Å²) in [6.45, 7) is 6.04. The van der Waals surface area contributed by atoms with Gasteiger partial charge in [0.15, 0.2) is 6.61 Å². The summed E-state index contributed by atoms with van der Waals surface area (Å²) in [5, 5.41) is 6.12. The number of carbonyl (C=O) groups is 1. The number of carbonyl (C=O) groups excluding carboxylic acids is 1. The molecule has 0 N–H and O–H groups in total. The average Bonchev–Trinajstić information content (AvgIpc) is 3.39. The second-order valence-corrected chi connectivity index (χ2v) is 7.42. The number of hydrogen-bond donors (Lipinski definition) is 0. The van der Waals surface area contributed by atoms with E-state index in [9.17, 15) is 4.79 Å². The molecule has 0 unspecified atom stereocenters. The number of benzene rings is 2. The number of hydrazone groups is 1. The van der Waals surface area contributed by atoms with Crippen molar-refractivity contribution >= 4 is 11.6 Å². The van der Waals surface area contributed by atoms with E-state index in [1.165, 1.54) is 16.1 Å². The van der Waals surface area contributed by atoms with Crippen LogP contribution in [0.1, 0.15) is 40.5 Å². The van der Waals surface area contributed by atoms with Gasteiger partial charge in [-0.05, 0) is 61.7 Å². The Hall–Kier alpha value is -3.34. The number of rotatable bonds is 5. The number of ether oxygens (including phenoxy) is 1. The Balaban J connectivity index is 1.54. The van der Waals surface area contributed by atoms with Crippen LogP contribution in [-0.4, -0.2) is 23.2 Å². The molecule has 2 aromatic carbocycles. The second-order valence-electron chi connectivity index (χ2n) is 7.42. The molecule has 148 valence electrons. The highest BCUT2D eigenvalue weighted by Gasteiger charge is 2.35. The number of furan rings is 1. The van der Waals surface area contributed by atoms with Crippen LogP contribution < -0.4 is 4.74 Å². The lowest BCUT2D eigenvalue weighted by Crippen LogP contribution is -2.31. The molecule has 5 nitrogen and oxygen atoms in total. The summed E-state index contributed by atoms with van der Waals surface area (Å²) in [6.07, 6.45) is 2.22.